The zero-order chi connectivity index (χ0) is 4.71. The van der Waals surface area contributed by atoms with Gasteiger partial charge in [0.25, 0.3) is 0 Å². The number of halogens is 1. The van der Waals surface area contributed by atoms with Crippen molar-refractivity contribution in [3.63, 3.8) is 0 Å². The topological polar surface area (TPSA) is 0 Å². The van der Waals surface area contributed by atoms with Gasteiger partial charge in [-0.2, -0.15) is 6.42 Å². The number of rotatable bonds is 0. The summed E-state index contributed by atoms with van der Waals surface area (Å²) in [5.74, 6) is 0. The molecule has 0 bridgehead atoms. The van der Waals surface area contributed by atoms with Gasteiger partial charge in [-0.3, -0.25) is 0 Å². The first-order valence-corrected chi connectivity index (χ1v) is 3.33. The van der Waals surface area contributed by atoms with Crippen molar-refractivity contribution in [2.45, 2.75) is 13.3 Å². The van der Waals surface area contributed by atoms with Crippen molar-refractivity contribution in [3.8, 4) is 0 Å². The molecule has 0 atom stereocenters. The molecule has 0 aromatic heterocycles. The molecule has 0 nitrogen and oxygen atoms in total. The quantitative estimate of drug-likeness (QED) is 0.399. The van der Waals surface area contributed by atoms with Gasteiger partial charge in [-0.25, -0.2) is 0 Å². The van der Waals surface area contributed by atoms with Crippen molar-refractivity contribution in [2.24, 2.45) is 0 Å². The molecule has 0 amide bonds. The van der Waals surface area contributed by atoms with Crippen molar-refractivity contribution in [1.82, 2.24) is 0 Å². The monoisotopic (exact) mass is 184 g/mol. The molecule has 36 valence electrons. The third-order valence-electron chi connectivity index (χ3n) is 0. The summed E-state index contributed by atoms with van der Waals surface area (Å²) < 4.78 is 0. The minimum atomic E-state index is 1.00. The van der Waals surface area contributed by atoms with Gasteiger partial charge in [-0.1, -0.05) is 6.92 Å². The maximum atomic E-state index is 4.49. The van der Waals surface area contributed by atoms with Crippen molar-refractivity contribution in [3.05, 3.63) is 6.92 Å². The van der Waals surface area contributed by atoms with Crippen molar-refractivity contribution < 1.29 is 18.2 Å². The summed E-state index contributed by atoms with van der Waals surface area (Å²) in [7, 11) is 4.49. The average molecular weight is 185 g/mol. The van der Waals surface area contributed by atoms with Crippen LogP contribution < -0.4 is 0 Å². The van der Waals surface area contributed by atoms with Crippen molar-refractivity contribution >= 4 is 9.53 Å². The summed E-state index contributed by atoms with van der Waals surface area (Å²) in [6.07, 6.45) is 1.00. The molecule has 5 heavy (non-hydrogen) atoms. The molecule has 0 radical (unpaired) electrons. The molecule has 0 aliphatic rings. The zero-order valence-electron chi connectivity index (χ0n) is 3.11. The second-order valence-electron chi connectivity index (χ2n) is 0.500. The maximum absolute atomic E-state index is 4.49. The molecule has 0 aromatic carbocycles. The van der Waals surface area contributed by atoms with E-state index < -0.39 is 0 Å². The molecule has 2 heteroatoms. The summed E-state index contributed by atoms with van der Waals surface area (Å²) in [5.41, 5.74) is 0. The van der Waals surface area contributed by atoms with Crippen LogP contribution in [-0.2, 0) is 18.2 Å². The normalized spacial score (nSPS) is 5.00. The Morgan fingerprint density at radius 1 is 1.80 bits per heavy atom. The van der Waals surface area contributed by atoms with Gasteiger partial charge >= 0.3 is 27.7 Å². The predicted molar refractivity (Wildman–Crippen MR) is 21.5 cm³/mol. The van der Waals surface area contributed by atoms with E-state index in [1.54, 1.807) is 0 Å². The first kappa shape index (κ1) is 9.35. The molecule has 0 heterocycles. The molecule has 0 fully saturated rings. The molecule has 0 saturated heterocycles. The van der Waals surface area contributed by atoms with Crippen LogP contribution in [0.1, 0.15) is 13.3 Å². The fourth-order valence-corrected chi connectivity index (χ4v) is 0. The Morgan fingerprint density at radius 3 is 1.80 bits per heavy atom. The fraction of sp³-hybridized carbons (Fsp3) is 0.667. The summed E-state index contributed by atoms with van der Waals surface area (Å²) in [4.78, 5) is 0. The summed E-state index contributed by atoms with van der Waals surface area (Å²) in [6.45, 7) is 5.50. The first-order chi connectivity index (χ1) is 2.41. The standard InChI is InChI=1S/C3H7.ClH.Pd/c1-3-2;;/h1,3H2,2H3;1H;/q-1;;+2/p-1. The van der Waals surface area contributed by atoms with Crippen LogP contribution in [0.5, 0.6) is 0 Å². The Kier molecular flexibility index (Phi) is 37.9. The molecule has 0 aromatic rings. The summed E-state index contributed by atoms with van der Waals surface area (Å²) in [6, 6.07) is 0. The van der Waals surface area contributed by atoms with Crippen LogP contribution in [0.3, 0.4) is 0 Å². The minimum absolute atomic E-state index is 1.00. The van der Waals surface area contributed by atoms with E-state index in [1.807, 2.05) is 6.92 Å². The van der Waals surface area contributed by atoms with Crippen LogP contribution in [0, 0.1) is 6.92 Å². The van der Waals surface area contributed by atoms with Crippen LogP contribution in [0.2, 0.25) is 0 Å². The van der Waals surface area contributed by atoms with Crippen LogP contribution in [0.4, 0.5) is 0 Å². The fourth-order valence-electron chi connectivity index (χ4n) is 0. The van der Waals surface area contributed by atoms with E-state index in [-0.39, 0.29) is 0 Å². The molecule has 0 unspecified atom stereocenters. The molecule has 0 saturated carbocycles. The van der Waals surface area contributed by atoms with Crippen LogP contribution in [0.25, 0.3) is 0 Å². The molecular formula is C3H7ClPd. The number of hydrogen-bond donors (Lipinski definition) is 0. The molecule has 0 spiro atoms. The van der Waals surface area contributed by atoms with E-state index >= 15 is 0 Å². The van der Waals surface area contributed by atoms with E-state index in [9.17, 15) is 0 Å². The Morgan fingerprint density at radius 2 is 1.80 bits per heavy atom. The Balaban J connectivity index is 0. The second kappa shape index (κ2) is 20.3. The van der Waals surface area contributed by atoms with Crippen molar-refractivity contribution in [1.29, 1.82) is 0 Å². The predicted octanol–water partition coefficient (Wildman–Crippen LogP) is 1.92. The van der Waals surface area contributed by atoms with Gasteiger partial charge in [-0.15, -0.1) is 0 Å². The molecular weight excluding hydrogens is 178 g/mol. The Labute approximate surface area is 48.3 Å². The van der Waals surface area contributed by atoms with Crippen LogP contribution in [0.15, 0.2) is 0 Å². The molecule has 0 aliphatic heterocycles. The SMILES string of the molecule is [CH2-]CC.[Cl][Pd+]. The summed E-state index contributed by atoms with van der Waals surface area (Å²) >= 11 is 2.22. The molecule has 0 rings (SSSR count). The van der Waals surface area contributed by atoms with Gasteiger partial charge in [-0.05, 0) is 0 Å². The van der Waals surface area contributed by atoms with Gasteiger partial charge in [0, 0.05) is 0 Å². The zero-order valence-corrected chi connectivity index (χ0v) is 5.42. The van der Waals surface area contributed by atoms with Gasteiger partial charge < -0.3 is 6.92 Å². The van der Waals surface area contributed by atoms with Gasteiger partial charge in [0.1, 0.15) is 0 Å². The van der Waals surface area contributed by atoms with Crippen LogP contribution >= 0.6 is 9.53 Å². The van der Waals surface area contributed by atoms with E-state index in [2.05, 4.69) is 34.6 Å². The first-order valence-electron chi connectivity index (χ1n) is 1.33. The van der Waals surface area contributed by atoms with Crippen LogP contribution in [-0.4, -0.2) is 0 Å². The van der Waals surface area contributed by atoms with Gasteiger partial charge in [0.15, 0.2) is 0 Å². The second-order valence-corrected chi connectivity index (χ2v) is 0.500. The Bertz CT molecular complexity index is 6.85. The van der Waals surface area contributed by atoms with E-state index in [0.717, 1.165) is 6.42 Å². The summed E-state index contributed by atoms with van der Waals surface area (Å²) in [5, 5.41) is 0. The van der Waals surface area contributed by atoms with Crippen molar-refractivity contribution in [2.75, 3.05) is 0 Å². The Hall–Kier alpha value is 0.952. The number of hydrogen-bond acceptors (Lipinski definition) is 0. The average Bonchev–Trinajstić information content (AvgIpc) is 1.46. The van der Waals surface area contributed by atoms with Gasteiger partial charge in [0.2, 0.25) is 0 Å². The van der Waals surface area contributed by atoms with E-state index in [4.69, 9.17) is 0 Å². The van der Waals surface area contributed by atoms with Gasteiger partial charge in [0.05, 0.1) is 0 Å². The third-order valence-corrected chi connectivity index (χ3v) is 0. The molecule has 0 N–H and O–H groups in total. The van der Waals surface area contributed by atoms with E-state index in [0.29, 0.717) is 0 Å². The molecule has 0 aliphatic carbocycles. The third kappa shape index (κ3) is 47.6. The van der Waals surface area contributed by atoms with E-state index in [1.165, 1.54) is 0 Å².